The molecule has 0 aliphatic carbocycles. The van der Waals surface area contributed by atoms with Gasteiger partial charge in [0.2, 0.25) is 0 Å². The lowest BCUT2D eigenvalue weighted by atomic mass is 10.0. The lowest BCUT2D eigenvalue weighted by Crippen LogP contribution is -2.24. The Morgan fingerprint density at radius 2 is 2.00 bits per heavy atom. The Morgan fingerprint density at radius 1 is 1.28 bits per heavy atom. The molecular formula is C14H17NO3. The summed E-state index contributed by atoms with van der Waals surface area (Å²) in [5.41, 5.74) is 1.23. The van der Waals surface area contributed by atoms with Gasteiger partial charge in [-0.05, 0) is 18.5 Å². The van der Waals surface area contributed by atoms with E-state index in [0.717, 1.165) is 19.5 Å². The molecule has 1 heterocycles. The maximum absolute atomic E-state index is 11.6. The zero-order valence-electron chi connectivity index (χ0n) is 10.2. The standard InChI is InChI=1S/C14H17NO3/c16-13(8-14(17)18)12-6-7-15(10-12)9-11-4-2-1-3-5-11/h1-5,12H,6-10H2,(H,17,18). The molecule has 1 aliphatic heterocycles. The summed E-state index contributed by atoms with van der Waals surface area (Å²) in [6.45, 7) is 2.38. The molecule has 1 aromatic rings. The molecule has 0 saturated carbocycles. The zero-order valence-corrected chi connectivity index (χ0v) is 10.2. The van der Waals surface area contributed by atoms with E-state index in [2.05, 4.69) is 17.0 Å². The Morgan fingerprint density at radius 3 is 2.67 bits per heavy atom. The Labute approximate surface area is 106 Å². The highest BCUT2D eigenvalue weighted by molar-refractivity contribution is 5.96. The first kappa shape index (κ1) is 12.8. The van der Waals surface area contributed by atoms with E-state index in [1.54, 1.807) is 0 Å². The number of rotatable bonds is 5. The first-order valence-electron chi connectivity index (χ1n) is 6.16. The van der Waals surface area contributed by atoms with Crippen LogP contribution in [0.1, 0.15) is 18.4 Å². The summed E-state index contributed by atoms with van der Waals surface area (Å²) in [6.07, 6.45) is 0.433. The van der Waals surface area contributed by atoms with Gasteiger partial charge in [-0.15, -0.1) is 0 Å². The molecule has 1 saturated heterocycles. The van der Waals surface area contributed by atoms with Crippen LogP contribution < -0.4 is 0 Å². The van der Waals surface area contributed by atoms with Gasteiger partial charge in [0.05, 0.1) is 0 Å². The molecule has 4 heteroatoms. The number of hydrogen-bond donors (Lipinski definition) is 1. The van der Waals surface area contributed by atoms with Crippen LogP contribution >= 0.6 is 0 Å². The molecular weight excluding hydrogens is 230 g/mol. The fourth-order valence-electron chi connectivity index (χ4n) is 2.37. The normalized spacial score (nSPS) is 19.9. The minimum atomic E-state index is -1.03. The number of carbonyl (C=O) groups is 2. The molecule has 0 amide bonds. The molecule has 1 N–H and O–H groups in total. The maximum atomic E-state index is 11.6. The van der Waals surface area contributed by atoms with E-state index in [-0.39, 0.29) is 18.1 Å². The summed E-state index contributed by atoms with van der Waals surface area (Å²) in [5.74, 6) is -1.27. The van der Waals surface area contributed by atoms with Crippen LogP contribution in [0.25, 0.3) is 0 Å². The molecule has 1 fully saturated rings. The topological polar surface area (TPSA) is 57.6 Å². The van der Waals surface area contributed by atoms with Crippen molar-refractivity contribution in [3.63, 3.8) is 0 Å². The molecule has 0 radical (unpaired) electrons. The summed E-state index contributed by atoms with van der Waals surface area (Å²) >= 11 is 0. The van der Waals surface area contributed by atoms with Crippen LogP contribution in [0, 0.1) is 5.92 Å². The Hall–Kier alpha value is -1.68. The van der Waals surface area contributed by atoms with Crippen LogP contribution in [0.5, 0.6) is 0 Å². The number of aliphatic carboxylic acids is 1. The van der Waals surface area contributed by atoms with Crippen molar-refractivity contribution in [1.29, 1.82) is 0 Å². The number of carboxylic acid groups (broad SMARTS) is 1. The van der Waals surface area contributed by atoms with Crippen molar-refractivity contribution >= 4 is 11.8 Å². The largest absolute Gasteiger partial charge is 0.481 e. The SMILES string of the molecule is O=C(O)CC(=O)C1CCN(Cc2ccccc2)C1. The van der Waals surface area contributed by atoms with Crippen molar-refractivity contribution in [1.82, 2.24) is 4.90 Å². The Balaban J connectivity index is 1.85. The first-order valence-corrected chi connectivity index (χ1v) is 6.16. The smallest absolute Gasteiger partial charge is 0.310 e. The van der Waals surface area contributed by atoms with Crippen molar-refractivity contribution in [3.05, 3.63) is 35.9 Å². The third kappa shape index (κ3) is 3.40. The molecule has 0 bridgehead atoms. The fourth-order valence-corrected chi connectivity index (χ4v) is 2.37. The molecule has 18 heavy (non-hydrogen) atoms. The van der Waals surface area contributed by atoms with E-state index in [1.807, 2.05) is 18.2 Å². The average molecular weight is 247 g/mol. The fraction of sp³-hybridized carbons (Fsp3) is 0.429. The summed E-state index contributed by atoms with van der Waals surface area (Å²) in [7, 11) is 0. The van der Waals surface area contributed by atoms with Gasteiger partial charge in [-0.1, -0.05) is 30.3 Å². The minimum absolute atomic E-state index is 0.107. The molecule has 1 aliphatic rings. The lowest BCUT2D eigenvalue weighted by molar-refractivity contribution is -0.141. The van der Waals surface area contributed by atoms with Gasteiger partial charge in [0.1, 0.15) is 12.2 Å². The molecule has 1 atom stereocenters. The number of Topliss-reactive ketones (excluding diaryl/α,β-unsaturated/α-hetero) is 1. The van der Waals surface area contributed by atoms with Gasteiger partial charge in [0.25, 0.3) is 0 Å². The van der Waals surface area contributed by atoms with E-state index >= 15 is 0 Å². The van der Waals surface area contributed by atoms with E-state index in [0.29, 0.717) is 6.54 Å². The second-order valence-corrected chi connectivity index (χ2v) is 4.74. The maximum Gasteiger partial charge on any atom is 0.310 e. The molecule has 2 rings (SSSR count). The van der Waals surface area contributed by atoms with Gasteiger partial charge in [-0.25, -0.2) is 0 Å². The molecule has 96 valence electrons. The van der Waals surface area contributed by atoms with Crippen LogP contribution in [-0.2, 0) is 16.1 Å². The van der Waals surface area contributed by atoms with Crippen LogP contribution in [-0.4, -0.2) is 34.8 Å². The number of ketones is 1. The monoisotopic (exact) mass is 247 g/mol. The van der Waals surface area contributed by atoms with Gasteiger partial charge in [-0.2, -0.15) is 0 Å². The van der Waals surface area contributed by atoms with Gasteiger partial charge < -0.3 is 5.11 Å². The van der Waals surface area contributed by atoms with Gasteiger partial charge in [0.15, 0.2) is 0 Å². The number of carboxylic acids is 1. The predicted octanol–water partition coefficient (Wildman–Crippen LogP) is 1.55. The highest BCUT2D eigenvalue weighted by Crippen LogP contribution is 2.20. The third-order valence-electron chi connectivity index (χ3n) is 3.30. The van der Waals surface area contributed by atoms with Crippen molar-refractivity contribution in [3.8, 4) is 0 Å². The number of carbonyl (C=O) groups excluding carboxylic acids is 1. The zero-order chi connectivity index (χ0) is 13.0. The van der Waals surface area contributed by atoms with Gasteiger partial charge >= 0.3 is 5.97 Å². The molecule has 0 aromatic heterocycles. The van der Waals surface area contributed by atoms with Gasteiger partial charge in [-0.3, -0.25) is 14.5 Å². The van der Waals surface area contributed by atoms with Crippen molar-refractivity contribution in [2.75, 3.05) is 13.1 Å². The summed E-state index contributed by atoms with van der Waals surface area (Å²) in [6, 6.07) is 10.1. The highest BCUT2D eigenvalue weighted by atomic mass is 16.4. The molecule has 4 nitrogen and oxygen atoms in total. The second kappa shape index (κ2) is 5.78. The first-order chi connectivity index (χ1) is 8.65. The summed E-state index contributed by atoms with van der Waals surface area (Å²) < 4.78 is 0. The van der Waals surface area contributed by atoms with E-state index < -0.39 is 5.97 Å². The van der Waals surface area contributed by atoms with Crippen molar-refractivity contribution in [2.24, 2.45) is 5.92 Å². The summed E-state index contributed by atoms with van der Waals surface area (Å²) in [4.78, 5) is 24.4. The Bertz CT molecular complexity index is 430. The van der Waals surface area contributed by atoms with Crippen molar-refractivity contribution < 1.29 is 14.7 Å². The van der Waals surface area contributed by atoms with E-state index in [1.165, 1.54) is 5.56 Å². The molecule has 1 aromatic carbocycles. The van der Waals surface area contributed by atoms with Crippen LogP contribution in [0.3, 0.4) is 0 Å². The quantitative estimate of drug-likeness (QED) is 0.802. The van der Waals surface area contributed by atoms with Crippen LogP contribution in [0.4, 0.5) is 0 Å². The summed E-state index contributed by atoms with van der Waals surface area (Å²) in [5, 5.41) is 8.61. The molecule has 1 unspecified atom stereocenters. The Kier molecular flexibility index (Phi) is 4.10. The molecule has 0 spiro atoms. The van der Waals surface area contributed by atoms with Crippen LogP contribution in [0.2, 0.25) is 0 Å². The van der Waals surface area contributed by atoms with Crippen LogP contribution in [0.15, 0.2) is 30.3 Å². The van der Waals surface area contributed by atoms with E-state index in [4.69, 9.17) is 5.11 Å². The van der Waals surface area contributed by atoms with Crippen molar-refractivity contribution in [2.45, 2.75) is 19.4 Å². The second-order valence-electron chi connectivity index (χ2n) is 4.74. The lowest BCUT2D eigenvalue weighted by Gasteiger charge is -2.15. The number of hydrogen-bond acceptors (Lipinski definition) is 3. The van der Waals surface area contributed by atoms with Gasteiger partial charge in [0, 0.05) is 19.0 Å². The van der Waals surface area contributed by atoms with E-state index in [9.17, 15) is 9.59 Å². The minimum Gasteiger partial charge on any atom is -0.481 e. The third-order valence-corrected chi connectivity index (χ3v) is 3.30. The highest BCUT2D eigenvalue weighted by Gasteiger charge is 2.28. The average Bonchev–Trinajstić information content (AvgIpc) is 2.78. The number of likely N-dealkylation sites (tertiary alicyclic amines) is 1. The number of nitrogens with zero attached hydrogens (tertiary/aromatic N) is 1. The predicted molar refractivity (Wildman–Crippen MR) is 67.1 cm³/mol. The number of benzene rings is 1.